The molecule has 0 saturated carbocycles. The fraction of sp³-hybridized carbons (Fsp3) is 0.455. The van der Waals surface area contributed by atoms with Crippen LogP contribution in [0.15, 0.2) is 18.2 Å². The molecule has 0 spiro atoms. The predicted octanol–water partition coefficient (Wildman–Crippen LogP) is 2.49. The van der Waals surface area contributed by atoms with Crippen LogP contribution in [0, 0.1) is 10.1 Å². The Morgan fingerprint density at radius 2 is 2.25 bits per heavy atom. The lowest BCUT2D eigenvalue weighted by Gasteiger charge is -2.10. The molecule has 1 aromatic rings. The lowest BCUT2D eigenvalue weighted by molar-refractivity contribution is -0.384. The molecule has 0 saturated heterocycles. The number of nitrogens with zero attached hydrogens (tertiary/aromatic N) is 1. The highest BCUT2D eigenvalue weighted by molar-refractivity contribution is 5.59. The van der Waals surface area contributed by atoms with Gasteiger partial charge in [0.05, 0.1) is 17.6 Å². The average molecular weight is 224 g/mol. The smallest absolute Gasteiger partial charge is 0.292 e. The summed E-state index contributed by atoms with van der Waals surface area (Å²) in [5, 5.41) is 10.7. The SMILES string of the molecule is CCC(C)OCc1ccc(N)c([N+](=O)[O-])c1. The summed E-state index contributed by atoms with van der Waals surface area (Å²) in [7, 11) is 0. The number of hydrogen-bond donors (Lipinski definition) is 1. The maximum absolute atomic E-state index is 10.7. The van der Waals surface area contributed by atoms with Crippen LogP contribution in [0.3, 0.4) is 0 Å². The molecule has 0 aromatic heterocycles. The minimum Gasteiger partial charge on any atom is -0.393 e. The second kappa shape index (κ2) is 5.46. The van der Waals surface area contributed by atoms with E-state index in [1.807, 2.05) is 13.8 Å². The van der Waals surface area contributed by atoms with Crippen molar-refractivity contribution in [3.8, 4) is 0 Å². The first kappa shape index (κ1) is 12.4. The van der Waals surface area contributed by atoms with Gasteiger partial charge in [-0.3, -0.25) is 10.1 Å². The van der Waals surface area contributed by atoms with Crippen LogP contribution >= 0.6 is 0 Å². The van der Waals surface area contributed by atoms with Crippen LogP contribution in [0.5, 0.6) is 0 Å². The lowest BCUT2D eigenvalue weighted by Crippen LogP contribution is -2.06. The summed E-state index contributed by atoms with van der Waals surface area (Å²) in [4.78, 5) is 10.2. The number of rotatable bonds is 5. The number of anilines is 1. The van der Waals surface area contributed by atoms with E-state index in [0.717, 1.165) is 12.0 Å². The highest BCUT2D eigenvalue weighted by Crippen LogP contribution is 2.22. The number of nitro groups is 1. The third kappa shape index (κ3) is 3.20. The van der Waals surface area contributed by atoms with Crippen LogP contribution in [0.4, 0.5) is 11.4 Å². The first-order valence-electron chi connectivity index (χ1n) is 5.19. The zero-order valence-electron chi connectivity index (χ0n) is 9.47. The van der Waals surface area contributed by atoms with Crippen LogP contribution in [-0.4, -0.2) is 11.0 Å². The van der Waals surface area contributed by atoms with Crippen LogP contribution in [0.2, 0.25) is 0 Å². The van der Waals surface area contributed by atoms with Crippen molar-refractivity contribution >= 4 is 11.4 Å². The van der Waals surface area contributed by atoms with E-state index < -0.39 is 4.92 Å². The lowest BCUT2D eigenvalue weighted by atomic mass is 10.2. The summed E-state index contributed by atoms with van der Waals surface area (Å²) in [6, 6.07) is 4.73. The van der Waals surface area contributed by atoms with Gasteiger partial charge in [-0.15, -0.1) is 0 Å². The summed E-state index contributed by atoms with van der Waals surface area (Å²) < 4.78 is 5.49. The van der Waals surface area contributed by atoms with E-state index in [2.05, 4.69) is 0 Å². The zero-order chi connectivity index (χ0) is 12.1. The fourth-order valence-corrected chi connectivity index (χ4v) is 1.19. The number of benzene rings is 1. The molecule has 0 aliphatic rings. The van der Waals surface area contributed by atoms with Gasteiger partial charge in [0.25, 0.3) is 5.69 Å². The molecule has 0 amide bonds. The highest BCUT2D eigenvalue weighted by Gasteiger charge is 2.12. The van der Waals surface area contributed by atoms with Gasteiger partial charge < -0.3 is 10.5 Å². The molecule has 1 unspecified atom stereocenters. The largest absolute Gasteiger partial charge is 0.393 e. The molecule has 1 aromatic carbocycles. The van der Waals surface area contributed by atoms with Gasteiger partial charge in [-0.1, -0.05) is 13.0 Å². The van der Waals surface area contributed by atoms with Crippen LogP contribution < -0.4 is 5.73 Å². The predicted molar refractivity (Wildman–Crippen MR) is 62.1 cm³/mol. The summed E-state index contributed by atoms with van der Waals surface area (Å²) in [6.45, 7) is 4.36. The van der Waals surface area contributed by atoms with Gasteiger partial charge in [-0.25, -0.2) is 0 Å². The van der Waals surface area contributed by atoms with Crippen molar-refractivity contribution in [2.45, 2.75) is 33.0 Å². The first-order chi connectivity index (χ1) is 7.54. The van der Waals surface area contributed by atoms with E-state index in [9.17, 15) is 10.1 Å². The Hall–Kier alpha value is -1.62. The molecule has 16 heavy (non-hydrogen) atoms. The van der Waals surface area contributed by atoms with E-state index in [-0.39, 0.29) is 17.5 Å². The molecule has 0 fully saturated rings. The van der Waals surface area contributed by atoms with Crippen molar-refractivity contribution < 1.29 is 9.66 Å². The van der Waals surface area contributed by atoms with Gasteiger partial charge in [0.2, 0.25) is 0 Å². The second-order valence-electron chi connectivity index (χ2n) is 3.68. The molecule has 0 aliphatic heterocycles. The zero-order valence-corrected chi connectivity index (χ0v) is 9.47. The van der Waals surface area contributed by atoms with Crippen molar-refractivity contribution in [1.82, 2.24) is 0 Å². The average Bonchev–Trinajstić information content (AvgIpc) is 2.27. The van der Waals surface area contributed by atoms with E-state index in [4.69, 9.17) is 10.5 Å². The van der Waals surface area contributed by atoms with Gasteiger partial charge in [0.15, 0.2) is 0 Å². The summed E-state index contributed by atoms with van der Waals surface area (Å²) in [5.74, 6) is 0. The Kier molecular flexibility index (Phi) is 4.25. The van der Waals surface area contributed by atoms with Gasteiger partial charge in [-0.2, -0.15) is 0 Å². The number of hydrogen-bond acceptors (Lipinski definition) is 4. The normalized spacial score (nSPS) is 12.4. The molecular formula is C11H16N2O3. The molecule has 1 rings (SSSR count). The van der Waals surface area contributed by atoms with Gasteiger partial charge in [0, 0.05) is 6.07 Å². The van der Waals surface area contributed by atoms with E-state index in [0.29, 0.717) is 6.61 Å². The molecule has 0 aliphatic carbocycles. The molecule has 0 heterocycles. The fourth-order valence-electron chi connectivity index (χ4n) is 1.19. The molecule has 5 nitrogen and oxygen atoms in total. The monoisotopic (exact) mass is 224 g/mol. The van der Waals surface area contributed by atoms with Crippen LogP contribution in [0.25, 0.3) is 0 Å². The van der Waals surface area contributed by atoms with Crippen molar-refractivity contribution in [2.75, 3.05) is 5.73 Å². The molecule has 1 atom stereocenters. The Morgan fingerprint density at radius 3 is 2.81 bits per heavy atom. The third-order valence-corrected chi connectivity index (χ3v) is 2.40. The van der Waals surface area contributed by atoms with Crippen molar-refractivity contribution in [3.63, 3.8) is 0 Å². The Labute approximate surface area is 94.4 Å². The molecular weight excluding hydrogens is 208 g/mol. The van der Waals surface area contributed by atoms with E-state index in [1.54, 1.807) is 6.07 Å². The Balaban J connectivity index is 2.75. The Bertz CT molecular complexity index is 379. The second-order valence-corrected chi connectivity index (χ2v) is 3.68. The molecule has 0 radical (unpaired) electrons. The van der Waals surface area contributed by atoms with E-state index in [1.165, 1.54) is 12.1 Å². The quantitative estimate of drug-likeness (QED) is 0.473. The summed E-state index contributed by atoms with van der Waals surface area (Å²) in [5.41, 5.74) is 6.37. The van der Waals surface area contributed by atoms with Gasteiger partial charge in [-0.05, 0) is 25.0 Å². The number of ether oxygens (including phenoxy) is 1. The molecule has 0 bridgehead atoms. The number of nitro benzene ring substituents is 1. The standard InChI is InChI=1S/C11H16N2O3/c1-3-8(2)16-7-9-4-5-10(12)11(6-9)13(14)15/h4-6,8H,3,7,12H2,1-2H3. The third-order valence-electron chi connectivity index (χ3n) is 2.40. The van der Waals surface area contributed by atoms with Crippen LogP contribution in [0.1, 0.15) is 25.8 Å². The topological polar surface area (TPSA) is 78.4 Å². The number of nitrogens with two attached hydrogens (primary N) is 1. The van der Waals surface area contributed by atoms with Gasteiger partial charge in [0.1, 0.15) is 5.69 Å². The van der Waals surface area contributed by atoms with Crippen molar-refractivity contribution in [1.29, 1.82) is 0 Å². The molecule has 5 heteroatoms. The van der Waals surface area contributed by atoms with E-state index >= 15 is 0 Å². The minimum absolute atomic E-state index is 0.0646. The van der Waals surface area contributed by atoms with Crippen LogP contribution in [-0.2, 0) is 11.3 Å². The van der Waals surface area contributed by atoms with Gasteiger partial charge >= 0.3 is 0 Å². The molecule has 88 valence electrons. The maximum atomic E-state index is 10.7. The first-order valence-corrected chi connectivity index (χ1v) is 5.19. The van der Waals surface area contributed by atoms with Crippen molar-refractivity contribution in [3.05, 3.63) is 33.9 Å². The minimum atomic E-state index is -0.484. The maximum Gasteiger partial charge on any atom is 0.292 e. The number of nitrogen functional groups attached to an aromatic ring is 1. The van der Waals surface area contributed by atoms with Crippen molar-refractivity contribution in [2.24, 2.45) is 0 Å². The summed E-state index contributed by atoms with van der Waals surface area (Å²) in [6.07, 6.45) is 1.06. The Morgan fingerprint density at radius 1 is 1.56 bits per heavy atom. The molecule has 2 N–H and O–H groups in total. The highest BCUT2D eigenvalue weighted by atomic mass is 16.6. The summed E-state index contributed by atoms with van der Waals surface area (Å²) >= 11 is 0.